The van der Waals surface area contributed by atoms with Crippen molar-refractivity contribution < 1.29 is 22.4 Å². The van der Waals surface area contributed by atoms with E-state index in [1.807, 2.05) is 24.3 Å². The summed E-state index contributed by atoms with van der Waals surface area (Å²) in [5, 5.41) is 6.32. The van der Waals surface area contributed by atoms with Crippen LogP contribution in [0.1, 0.15) is 40.9 Å². The number of carbonyl (C=O) groups is 2. The van der Waals surface area contributed by atoms with Crippen molar-refractivity contribution in [2.24, 2.45) is 5.92 Å². The molecule has 0 atom stereocenters. The van der Waals surface area contributed by atoms with Crippen molar-refractivity contribution in [2.45, 2.75) is 31.6 Å². The molecule has 2 amide bonds. The second-order valence-corrected chi connectivity index (χ2v) is 10.1. The maximum atomic E-state index is 12.8. The highest BCUT2D eigenvalue weighted by Gasteiger charge is 2.25. The summed E-state index contributed by atoms with van der Waals surface area (Å²) >= 11 is 0. The number of furan rings is 1. The third kappa shape index (κ3) is 4.96. The molecule has 31 heavy (non-hydrogen) atoms. The summed E-state index contributed by atoms with van der Waals surface area (Å²) in [5.41, 5.74) is 2.31. The molecule has 3 aromatic rings. The number of rotatable bonds is 7. The zero-order chi connectivity index (χ0) is 22.0. The maximum absolute atomic E-state index is 12.8. The van der Waals surface area contributed by atoms with E-state index in [9.17, 15) is 18.0 Å². The minimum atomic E-state index is -3.36. The number of amides is 2. The molecule has 0 radical (unpaired) electrons. The first-order valence-corrected chi connectivity index (χ1v) is 12.2. The van der Waals surface area contributed by atoms with Gasteiger partial charge in [-0.05, 0) is 36.6 Å². The molecule has 0 aliphatic heterocycles. The predicted molar refractivity (Wildman–Crippen MR) is 118 cm³/mol. The molecule has 162 valence electrons. The Balaban J connectivity index is 1.49. The lowest BCUT2D eigenvalue weighted by Gasteiger charge is -2.24. The Morgan fingerprint density at radius 2 is 1.87 bits per heavy atom. The molecule has 1 fully saturated rings. The van der Waals surface area contributed by atoms with Crippen LogP contribution in [0.3, 0.4) is 0 Å². The van der Waals surface area contributed by atoms with E-state index in [0.717, 1.165) is 31.1 Å². The number of nitrogens with one attached hydrogen (secondary N) is 2. The van der Waals surface area contributed by atoms with Gasteiger partial charge in [-0.2, -0.15) is 0 Å². The molecule has 1 aromatic heterocycles. The minimum absolute atomic E-state index is 0.000987. The average molecular weight is 441 g/mol. The number of carbonyl (C=O) groups excluding carboxylic acids is 2. The van der Waals surface area contributed by atoms with Gasteiger partial charge in [-0.25, -0.2) is 8.42 Å². The number of benzene rings is 2. The van der Waals surface area contributed by atoms with Crippen molar-refractivity contribution in [3.8, 4) is 0 Å². The van der Waals surface area contributed by atoms with Crippen LogP contribution in [0.2, 0.25) is 0 Å². The van der Waals surface area contributed by atoms with Crippen LogP contribution >= 0.6 is 0 Å². The molecule has 7 nitrogen and oxygen atoms in total. The van der Waals surface area contributed by atoms with Gasteiger partial charge in [0, 0.05) is 35.4 Å². The number of hydrogen-bond donors (Lipinski definition) is 2. The van der Waals surface area contributed by atoms with Gasteiger partial charge in [0.2, 0.25) is 5.91 Å². The fraction of sp³-hybridized carbons (Fsp3) is 0.304. The first-order valence-electron chi connectivity index (χ1n) is 10.2. The lowest BCUT2D eigenvalue weighted by Crippen LogP contribution is -2.28. The van der Waals surface area contributed by atoms with Gasteiger partial charge in [-0.15, -0.1) is 0 Å². The SMILES string of the molecule is CS(=O)(=O)Cc1c(C(=O)NCc2cccc(NC(=O)C3CCC3)c2)oc2ccccc12. The molecular weight excluding hydrogens is 416 g/mol. The number of hydrogen-bond acceptors (Lipinski definition) is 5. The van der Waals surface area contributed by atoms with Crippen LogP contribution in [0.25, 0.3) is 11.0 Å². The summed E-state index contributed by atoms with van der Waals surface area (Å²) in [6.07, 6.45) is 4.07. The van der Waals surface area contributed by atoms with Crippen LogP contribution in [0.5, 0.6) is 0 Å². The smallest absolute Gasteiger partial charge is 0.287 e. The minimum Gasteiger partial charge on any atom is -0.451 e. The summed E-state index contributed by atoms with van der Waals surface area (Å²) < 4.78 is 29.5. The number of fused-ring (bicyclic) bond motifs is 1. The molecule has 0 bridgehead atoms. The molecule has 8 heteroatoms. The standard InChI is InChI=1S/C23H24N2O5S/c1-31(28,29)14-19-18-10-2-3-11-20(18)30-21(19)23(27)24-13-15-6-4-9-17(12-15)25-22(26)16-7-5-8-16/h2-4,6,9-12,16H,5,7-8,13-14H2,1H3,(H,24,27)(H,25,26). The molecule has 0 unspecified atom stereocenters. The maximum Gasteiger partial charge on any atom is 0.287 e. The van der Waals surface area contributed by atoms with Gasteiger partial charge in [0.1, 0.15) is 5.58 Å². The molecule has 2 N–H and O–H groups in total. The molecule has 0 saturated heterocycles. The predicted octanol–water partition coefficient (Wildman–Crippen LogP) is 3.65. The van der Waals surface area contributed by atoms with E-state index in [2.05, 4.69) is 10.6 Å². The van der Waals surface area contributed by atoms with Crippen LogP contribution in [-0.4, -0.2) is 26.5 Å². The van der Waals surface area contributed by atoms with Crippen molar-refractivity contribution >= 4 is 38.3 Å². The Kier molecular flexibility index (Phi) is 5.82. The lowest BCUT2D eigenvalue weighted by atomic mass is 9.85. The fourth-order valence-corrected chi connectivity index (χ4v) is 4.44. The van der Waals surface area contributed by atoms with Gasteiger partial charge in [0.05, 0.1) is 5.75 Å². The Hall–Kier alpha value is -3.13. The van der Waals surface area contributed by atoms with Crippen LogP contribution in [0.15, 0.2) is 52.9 Å². The van der Waals surface area contributed by atoms with E-state index in [1.165, 1.54) is 0 Å². The van der Waals surface area contributed by atoms with Gasteiger partial charge in [0.15, 0.2) is 15.6 Å². The zero-order valence-corrected chi connectivity index (χ0v) is 18.0. The van der Waals surface area contributed by atoms with Crippen LogP contribution < -0.4 is 10.6 Å². The van der Waals surface area contributed by atoms with E-state index in [-0.39, 0.29) is 29.9 Å². The molecule has 0 spiro atoms. The lowest BCUT2D eigenvalue weighted by molar-refractivity contribution is -0.122. The highest BCUT2D eigenvalue weighted by Crippen LogP contribution is 2.28. The van der Waals surface area contributed by atoms with E-state index < -0.39 is 15.7 Å². The molecule has 4 rings (SSSR count). The number of para-hydroxylation sites is 1. The summed E-state index contributed by atoms with van der Waals surface area (Å²) in [6.45, 7) is 0.210. The molecule has 1 aliphatic rings. The van der Waals surface area contributed by atoms with Crippen molar-refractivity contribution in [3.63, 3.8) is 0 Å². The zero-order valence-electron chi connectivity index (χ0n) is 17.2. The van der Waals surface area contributed by atoms with E-state index >= 15 is 0 Å². The highest BCUT2D eigenvalue weighted by atomic mass is 32.2. The monoisotopic (exact) mass is 440 g/mol. The summed E-state index contributed by atoms with van der Waals surface area (Å²) in [4.78, 5) is 25.0. The van der Waals surface area contributed by atoms with Crippen molar-refractivity contribution in [3.05, 3.63) is 65.4 Å². The summed E-state index contributed by atoms with van der Waals surface area (Å²) in [5.74, 6) is -0.653. The highest BCUT2D eigenvalue weighted by molar-refractivity contribution is 7.89. The van der Waals surface area contributed by atoms with E-state index in [4.69, 9.17) is 4.42 Å². The molecular formula is C23H24N2O5S. The number of anilines is 1. The fourth-order valence-electron chi connectivity index (χ4n) is 3.62. The largest absolute Gasteiger partial charge is 0.451 e. The topological polar surface area (TPSA) is 105 Å². The van der Waals surface area contributed by atoms with Gasteiger partial charge >= 0.3 is 0 Å². The average Bonchev–Trinajstić information content (AvgIpc) is 3.02. The Bertz CT molecular complexity index is 1240. The van der Waals surface area contributed by atoms with Crippen molar-refractivity contribution in [1.82, 2.24) is 5.32 Å². The normalized spacial score (nSPS) is 14.2. The third-order valence-corrected chi connectivity index (χ3v) is 6.25. The third-order valence-electron chi connectivity index (χ3n) is 5.43. The summed E-state index contributed by atoms with van der Waals surface area (Å²) in [6, 6.07) is 14.3. The Morgan fingerprint density at radius 3 is 2.58 bits per heavy atom. The molecule has 1 heterocycles. The Morgan fingerprint density at radius 1 is 1.10 bits per heavy atom. The van der Waals surface area contributed by atoms with Crippen molar-refractivity contribution in [2.75, 3.05) is 11.6 Å². The van der Waals surface area contributed by atoms with E-state index in [1.54, 1.807) is 24.3 Å². The van der Waals surface area contributed by atoms with Gasteiger partial charge < -0.3 is 15.1 Å². The first-order chi connectivity index (χ1) is 14.8. The van der Waals surface area contributed by atoms with Gasteiger partial charge in [-0.1, -0.05) is 36.8 Å². The summed E-state index contributed by atoms with van der Waals surface area (Å²) in [7, 11) is -3.36. The van der Waals surface area contributed by atoms with Crippen molar-refractivity contribution in [1.29, 1.82) is 0 Å². The molecule has 1 aliphatic carbocycles. The number of sulfone groups is 1. The second-order valence-electron chi connectivity index (χ2n) is 7.98. The quantitative estimate of drug-likeness (QED) is 0.583. The van der Waals surface area contributed by atoms with Crippen LogP contribution in [0.4, 0.5) is 5.69 Å². The Labute approximate surface area is 180 Å². The van der Waals surface area contributed by atoms with E-state index in [0.29, 0.717) is 22.2 Å². The molecule has 1 saturated carbocycles. The van der Waals surface area contributed by atoms with Gasteiger partial charge in [-0.3, -0.25) is 9.59 Å². The van der Waals surface area contributed by atoms with Crippen LogP contribution in [0, 0.1) is 5.92 Å². The van der Waals surface area contributed by atoms with Gasteiger partial charge in [0.25, 0.3) is 5.91 Å². The first kappa shape index (κ1) is 21.1. The molecule has 2 aromatic carbocycles. The van der Waals surface area contributed by atoms with Crippen LogP contribution in [-0.2, 0) is 26.9 Å². The second kappa shape index (κ2) is 8.55.